The highest BCUT2D eigenvalue weighted by molar-refractivity contribution is 7.48. The molecule has 1 atom stereocenters. The molecule has 0 aliphatic carbocycles. The number of halogens is 1. The number of nitrogens with zero attached hydrogens (tertiary/aromatic N) is 1. The maximum absolute atomic E-state index is 12.1. The van der Waals surface area contributed by atoms with Crippen LogP contribution < -0.4 is 0 Å². The predicted octanol–water partition coefficient (Wildman–Crippen LogP) is -0.655. The van der Waals surface area contributed by atoms with E-state index in [4.69, 9.17) is 30.2 Å². The van der Waals surface area contributed by atoms with Crippen molar-refractivity contribution in [3.63, 3.8) is 0 Å². The van der Waals surface area contributed by atoms with E-state index in [1.807, 2.05) is 0 Å². The smallest absolute Gasteiger partial charge is 0.473 e. The fourth-order valence-electron chi connectivity index (χ4n) is 0.205. The summed E-state index contributed by atoms with van der Waals surface area (Å²) in [4.78, 5) is 37.9. The molecule has 0 aliphatic heterocycles. The van der Waals surface area contributed by atoms with E-state index in [9.17, 15) is 18.4 Å². The highest BCUT2D eigenvalue weighted by Crippen LogP contribution is 2.49. The number of carboxylic acids is 3. The quantitative estimate of drug-likeness (QED) is 0.332. The summed E-state index contributed by atoms with van der Waals surface area (Å²) in [6.45, 7) is 0. The fourth-order valence-corrected chi connectivity index (χ4v) is 0.616. The molecule has 100 valence electrons. The Kier molecular flexibility index (Phi) is 7.46. The molecule has 1 unspecified atom stereocenters. The van der Waals surface area contributed by atoms with Gasteiger partial charge in [0, 0.05) is 0 Å². The van der Waals surface area contributed by atoms with Crippen LogP contribution in [0.5, 0.6) is 0 Å². The average molecular weight is 287 g/mol. The van der Waals surface area contributed by atoms with Crippen molar-refractivity contribution < 1.29 is 52.3 Å². The van der Waals surface area contributed by atoms with Crippen LogP contribution in [-0.2, 0) is 32.8 Å². The van der Waals surface area contributed by atoms with E-state index in [2.05, 4.69) is 9.05 Å². The number of carbonyl (C=O) groups excluding carboxylic acids is 1. The molecular formula is C5H3FNO10P. The van der Waals surface area contributed by atoms with Crippen LogP contribution in [0.4, 0.5) is 4.20 Å². The fraction of sp³-hybridized carbons (Fsp3) is 0. The molecule has 3 N–H and O–H groups in total. The number of aliphatic carboxylic acids is 3. The Morgan fingerprint density at radius 1 is 1.06 bits per heavy atom. The molecule has 0 aromatic carbocycles. The summed E-state index contributed by atoms with van der Waals surface area (Å²) in [6, 6.07) is 0. The maximum Gasteiger partial charge on any atom is 0.641 e. The van der Waals surface area contributed by atoms with Gasteiger partial charge in [-0.15, -0.1) is 9.46 Å². The summed E-state index contributed by atoms with van der Waals surface area (Å²) in [7, 11) is -5.39. The second-order valence-electron chi connectivity index (χ2n) is 1.91. The van der Waals surface area contributed by atoms with E-state index in [0.29, 0.717) is 6.26 Å². The van der Waals surface area contributed by atoms with E-state index in [1.54, 1.807) is 0 Å². The number of carboxylic acid groups (broad SMARTS) is 3. The molecule has 0 bridgehead atoms. The SMILES string of the molecule is N#COP(=O)(F)OC(=O)C(=O)O.O=C(O)C(=O)O. The lowest BCUT2D eigenvalue weighted by atomic mass is 10.7. The topological polar surface area (TPSA) is 188 Å². The molecule has 18 heavy (non-hydrogen) atoms. The molecule has 0 fully saturated rings. The summed E-state index contributed by atoms with van der Waals surface area (Å²) in [5.41, 5.74) is 0. The second-order valence-corrected chi connectivity index (χ2v) is 3.13. The molecule has 0 spiro atoms. The van der Waals surface area contributed by atoms with Gasteiger partial charge in [-0.3, -0.25) is 0 Å². The largest absolute Gasteiger partial charge is 0.641 e. The number of carbonyl (C=O) groups is 4. The number of hydrogen-bond donors (Lipinski definition) is 3. The van der Waals surface area contributed by atoms with Gasteiger partial charge in [-0.2, -0.15) is 0 Å². The van der Waals surface area contributed by atoms with Gasteiger partial charge in [0.05, 0.1) is 0 Å². The van der Waals surface area contributed by atoms with Gasteiger partial charge in [-0.05, 0) is 0 Å². The van der Waals surface area contributed by atoms with E-state index in [-0.39, 0.29) is 0 Å². The first-order chi connectivity index (χ1) is 8.03. The lowest BCUT2D eigenvalue weighted by Gasteiger charge is -2.00. The first-order valence-corrected chi connectivity index (χ1v) is 4.77. The predicted molar refractivity (Wildman–Crippen MR) is 44.4 cm³/mol. The lowest BCUT2D eigenvalue weighted by Crippen LogP contribution is -2.14. The number of rotatable bonds is 2. The maximum atomic E-state index is 12.1. The van der Waals surface area contributed by atoms with Crippen molar-refractivity contribution in [3.8, 4) is 6.26 Å². The van der Waals surface area contributed by atoms with Gasteiger partial charge in [-0.1, -0.05) is 0 Å². The summed E-state index contributed by atoms with van der Waals surface area (Å²) >= 11 is 0. The van der Waals surface area contributed by atoms with Gasteiger partial charge in [0.2, 0.25) is 0 Å². The van der Waals surface area contributed by atoms with Crippen LogP contribution in [0.15, 0.2) is 0 Å². The highest BCUT2D eigenvalue weighted by atomic mass is 31.2. The molecular weight excluding hydrogens is 284 g/mol. The van der Waals surface area contributed by atoms with Crippen LogP contribution in [0.25, 0.3) is 0 Å². The Hall–Kier alpha value is -2.67. The Bertz CT molecular complexity index is 440. The molecule has 13 heteroatoms. The third-order valence-corrected chi connectivity index (χ3v) is 1.38. The Labute approximate surface area is 96.6 Å². The molecule has 0 amide bonds. The van der Waals surface area contributed by atoms with Crippen LogP contribution in [0.1, 0.15) is 0 Å². The van der Waals surface area contributed by atoms with Crippen molar-refractivity contribution >= 4 is 31.8 Å². The second kappa shape index (κ2) is 7.58. The molecule has 0 heterocycles. The molecule has 0 aliphatic rings. The Morgan fingerprint density at radius 2 is 1.44 bits per heavy atom. The van der Waals surface area contributed by atoms with Crippen molar-refractivity contribution in [3.05, 3.63) is 0 Å². The Balaban J connectivity index is 0. The van der Waals surface area contributed by atoms with Crippen molar-refractivity contribution in [2.75, 3.05) is 0 Å². The molecule has 0 aromatic heterocycles. The van der Waals surface area contributed by atoms with Gasteiger partial charge >= 0.3 is 31.8 Å². The van der Waals surface area contributed by atoms with Crippen LogP contribution >= 0.6 is 7.91 Å². The first-order valence-electron chi connectivity index (χ1n) is 3.34. The molecule has 0 rings (SSSR count). The van der Waals surface area contributed by atoms with Gasteiger partial charge in [0.1, 0.15) is 0 Å². The molecule has 0 aromatic rings. The van der Waals surface area contributed by atoms with Gasteiger partial charge in [0.15, 0.2) is 0 Å². The van der Waals surface area contributed by atoms with Crippen LogP contribution in [-0.4, -0.2) is 39.2 Å². The minimum Gasteiger partial charge on any atom is -0.473 e. The third-order valence-electron chi connectivity index (χ3n) is 0.699. The summed E-state index contributed by atoms with van der Waals surface area (Å²) in [5.74, 6) is -7.89. The molecule has 11 nitrogen and oxygen atoms in total. The minimum absolute atomic E-state index is 0.644. The molecule has 0 radical (unpaired) electrons. The standard InChI is InChI=1S/C3HFNO6P.C2H2O4/c4-12(9,10-1-5)11-3(8)2(6)7;3-1(4)2(5)6/h(H,6,7);(H,3,4)(H,5,6). The number of hydrogen-bond acceptors (Lipinski definition) is 8. The van der Waals surface area contributed by atoms with E-state index >= 15 is 0 Å². The monoisotopic (exact) mass is 287 g/mol. The average Bonchev–Trinajstić information content (AvgIpc) is 2.17. The molecule has 0 saturated carbocycles. The minimum atomic E-state index is -5.39. The summed E-state index contributed by atoms with van der Waals surface area (Å²) < 4.78 is 28.5. The zero-order valence-electron chi connectivity index (χ0n) is 7.97. The van der Waals surface area contributed by atoms with E-state index < -0.39 is 31.8 Å². The van der Waals surface area contributed by atoms with Crippen molar-refractivity contribution in [1.82, 2.24) is 0 Å². The number of nitriles is 1. The zero-order valence-corrected chi connectivity index (χ0v) is 8.87. The van der Waals surface area contributed by atoms with Crippen molar-refractivity contribution in [2.24, 2.45) is 0 Å². The van der Waals surface area contributed by atoms with Crippen LogP contribution in [0.3, 0.4) is 0 Å². The van der Waals surface area contributed by atoms with Gasteiger partial charge in [0.25, 0.3) is 6.26 Å². The lowest BCUT2D eigenvalue weighted by molar-refractivity contribution is -0.159. The van der Waals surface area contributed by atoms with E-state index in [1.165, 1.54) is 0 Å². The summed E-state index contributed by atoms with van der Waals surface area (Å²) in [6.07, 6.45) is 0.644. The normalized spacial score (nSPS) is 11.6. The van der Waals surface area contributed by atoms with Crippen LogP contribution in [0.2, 0.25) is 0 Å². The third kappa shape index (κ3) is 9.87. The van der Waals surface area contributed by atoms with Crippen molar-refractivity contribution in [2.45, 2.75) is 0 Å². The first kappa shape index (κ1) is 17.7. The van der Waals surface area contributed by atoms with Crippen LogP contribution in [0, 0.1) is 11.5 Å². The zero-order chi connectivity index (χ0) is 14.9. The van der Waals surface area contributed by atoms with Crippen molar-refractivity contribution in [1.29, 1.82) is 5.26 Å². The Morgan fingerprint density at radius 3 is 1.67 bits per heavy atom. The van der Waals surface area contributed by atoms with Gasteiger partial charge < -0.3 is 24.4 Å². The molecule has 0 saturated heterocycles. The highest BCUT2D eigenvalue weighted by Gasteiger charge is 2.33. The van der Waals surface area contributed by atoms with Gasteiger partial charge in [-0.25, -0.2) is 23.7 Å². The van der Waals surface area contributed by atoms with E-state index in [0.717, 1.165) is 0 Å². The summed E-state index contributed by atoms with van der Waals surface area (Å²) in [5, 5.41) is 30.2.